The molecule has 3 rings (SSSR count). The summed E-state index contributed by atoms with van der Waals surface area (Å²) in [5, 5.41) is 6.54. The molecule has 2 heterocycles. The summed E-state index contributed by atoms with van der Waals surface area (Å²) < 4.78 is 0. The van der Waals surface area contributed by atoms with Crippen LogP contribution < -0.4 is 10.6 Å². The van der Waals surface area contributed by atoms with Crippen LogP contribution >= 0.6 is 11.6 Å². The maximum atomic E-state index is 12.8. The lowest BCUT2D eigenvalue weighted by Gasteiger charge is -2.18. The van der Waals surface area contributed by atoms with Gasteiger partial charge in [-0.25, -0.2) is 0 Å². The zero-order chi connectivity index (χ0) is 21.1. The van der Waals surface area contributed by atoms with E-state index in [2.05, 4.69) is 34.4 Å². The number of halogens is 1. The number of carbonyl (C=O) groups excluding carboxylic acids is 2. The molecule has 1 aromatic heterocycles. The van der Waals surface area contributed by atoms with Gasteiger partial charge in [-0.15, -0.1) is 0 Å². The number of aromatic amines is 1. The average Bonchev–Trinajstić information content (AvgIpc) is 3.14. The van der Waals surface area contributed by atoms with E-state index in [1.165, 1.54) is 0 Å². The lowest BCUT2D eigenvalue weighted by molar-refractivity contribution is -0.117. The van der Waals surface area contributed by atoms with Crippen LogP contribution in [-0.4, -0.2) is 47.9 Å². The first-order valence-electron chi connectivity index (χ1n) is 10.1. The van der Waals surface area contributed by atoms with Crippen LogP contribution in [0.4, 0.5) is 5.69 Å². The largest absolute Gasteiger partial charge is 0.362 e. The van der Waals surface area contributed by atoms with E-state index >= 15 is 0 Å². The fraction of sp³-hybridized carbons (Fsp3) is 0.455. The molecule has 2 amide bonds. The summed E-state index contributed by atoms with van der Waals surface area (Å²) in [6.45, 7) is 11.4. The second-order valence-corrected chi connectivity index (χ2v) is 7.93. The first kappa shape index (κ1) is 21.4. The lowest BCUT2D eigenvalue weighted by atomic mass is 9.94. The Morgan fingerprint density at radius 1 is 1.24 bits per heavy atom. The van der Waals surface area contributed by atoms with Crippen LogP contribution in [0.2, 0.25) is 5.02 Å². The Labute approximate surface area is 177 Å². The highest BCUT2D eigenvalue weighted by Crippen LogP contribution is 2.37. The molecule has 0 bridgehead atoms. The van der Waals surface area contributed by atoms with Gasteiger partial charge in [0.1, 0.15) is 0 Å². The summed E-state index contributed by atoms with van der Waals surface area (Å²) >= 11 is 6.13. The normalized spacial score (nSPS) is 15.5. The summed E-state index contributed by atoms with van der Waals surface area (Å²) in [6, 6.07) is 5.44. The van der Waals surface area contributed by atoms with Crippen LogP contribution in [-0.2, 0) is 11.2 Å². The number of nitrogens with zero attached hydrogens (tertiary/aromatic N) is 1. The second-order valence-electron chi connectivity index (χ2n) is 7.49. The van der Waals surface area contributed by atoms with Crippen molar-refractivity contribution in [3.8, 4) is 0 Å². The van der Waals surface area contributed by atoms with Gasteiger partial charge in [-0.05, 0) is 56.3 Å². The predicted octanol–water partition coefficient (Wildman–Crippen LogP) is 3.63. The SMILES string of the molecule is CCN(CC)CCNC(=O)c1c(C)[nH]c(CC2C(=O)Nc3ccc(Cl)cc32)c1C. The Hall–Kier alpha value is -2.31. The van der Waals surface area contributed by atoms with Crippen molar-refractivity contribution in [3.05, 3.63) is 51.3 Å². The van der Waals surface area contributed by atoms with E-state index in [0.717, 1.165) is 47.8 Å². The molecular weight excluding hydrogens is 388 g/mol. The quantitative estimate of drug-likeness (QED) is 0.614. The van der Waals surface area contributed by atoms with Gasteiger partial charge in [0, 0.05) is 41.6 Å². The molecule has 1 unspecified atom stereocenters. The number of aryl methyl sites for hydroxylation is 1. The number of aromatic nitrogens is 1. The molecule has 1 aliphatic rings. The number of nitrogens with one attached hydrogen (secondary N) is 3. The van der Waals surface area contributed by atoms with Crippen molar-refractivity contribution in [1.29, 1.82) is 0 Å². The van der Waals surface area contributed by atoms with E-state index < -0.39 is 0 Å². The molecule has 156 valence electrons. The maximum absolute atomic E-state index is 12.8. The van der Waals surface area contributed by atoms with Gasteiger partial charge in [-0.1, -0.05) is 25.4 Å². The number of hydrogen-bond donors (Lipinski definition) is 3. The van der Waals surface area contributed by atoms with Crippen molar-refractivity contribution in [2.24, 2.45) is 0 Å². The smallest absolute Gasteiger partial charge is 0.253 e. The average molecular weight is 417 g/mol. The standard InChI is InChI=1S/C22H29ClN4O2/c1-5-27(6-2)10-9-24-22(29)20-13(3)19(25-14(20)4)12-17-16-11-15(23)7-8-18(16)26-21(17)28/h7-8,11,17,25H,5-6,9-10,12H2,1-4H3,(H,24,29)(H,26,28). The molecule has 0 spiro atoms. The first-order chi connectivity index (χ1) is 13.8. The first-order valence-corrected chi connectivity index (χ1v) is 10.5. The monoisotopic (exact) mass is 416 g/mol. The van der Waals surface area contributed by atoms with Crippen molar-refractivity contribution in [2.75, 3.05) is 31.5 Å². The van der Waals surface area contributed by atoms with Crippen LogP contribution in [0.25, 0.3) is 0 Å². The van der Waals surface area contributed by atoms with Gasteiger partial charge in [-0.2, -0.15) is 0 Å². The summed E-state index contributed by atoms with van der Waals surface area (Å²) in [4.78, 5) is 30.8. The third-order valence-corrected chi connectivity index (χ3v) is 5.98. The lowest BCUT2D eigenvalue weighted by Crippen LogP contribution is -2.35. The fourth-order valence-electron chi connectivity index (χ4n) is 4.02. The Balaban J connectivity index is 1.74. The molecule has 0 saturated heterocycles. The molecule has 0 fully saturated rings. The number of hydrogen-bond acceptors (Lipinski definition) is 3. The molecule has 1 aromatic carbocycles. The Morgan fingerprint density at radius 3 is 2.66 bits per heavy atom. The third-order valence-electron chi connectivity index (χ3n) is 5.75. The number of anilines is 1. The zero-order valence-corrected chi connectivity index (χ0v) is 18.2. The number of benzene rings is 1. The maximum Gasteiger partial charge on any atom is 0.253 e. The van der Waals surface area contributed by atoms with E-state index in [1.807, 2.05) is 26.0 Å². The molecule has 0 radical (unpaired) electrons. The van der Waals surface area contributed by atoms with Crippen LogP contribution in [0.5, 0.6) is 0 Å². The van der Waals surface area contributed by atoms with Crippen LogP contribution in [0.15, 0.2) is 18.2 Å². The van der Waals surface area contributed by atoms with Crippen molar-refractivity contribution < 1.29 is 9.59 Å². The van der Waals surface area contributed by atoms with Gasteiger partial charge in [0.25, 0.3) is 5.91 Å². The molecule has 7 heteroatoms. The Morgan fingerprint density at radius 2 is 1.97 bits per heavy atom. The Kier molecular flexibility index (Phi) is 6.65. The van der Waals surface area contributed by atoms with E-state index in [9.17, 15) is 9.59 Å². The van der Waals surface area contributed by atoms with Crippen LogP contribution in [0.1, 0.15) is 52.6 Å². The van der Waals surface area contributed by atoms with E-state index in [4.69, 9.17) is 11.6 Å². The summed E-state index contributed by atoms with van der Waals surface area (Å²) in [5.74, 6) is -0.438. The molecule has 3 N–H and O–H groups in total. The van der Waals surface area contributed by atoms with Crippen molar-refractivity contribution in [1.82, 2.24) is 15.2 Å². The predicted molar refractivity (Wildman–Crippen MR) is 117 cm³/mol. The van der Waals surface area contributed by atoms with E-state index in [-0.39, 0.29) is 17.7 Å². The molecule has 0 saturated carbocycles. The van der Waals surface area contributed by atoms with E-state index in [1.54, 1.807) is 6.07 Å². The van der Waals surface area contributed by atoms with Gasteiger partial charge >= 0.3 is 0 Å². The van der Waals surface area contributed by atoms with Gasteiger partial charge in [-0.3, -0.25) is 9.59 Å². The molecule has 29 heavy (non-hydrogen) atoms. The van der Waals surface area contributed by atoms with Crippen LogP contribution in [0, 0.1) is 13.8 Å². The molecule has 2 aromatic rings. The minimum atomic E-state index is -0.320. The summed E-state index contributed by atoms with van der Waals surface area (Å²) in [7, 11) is 0. The van der Waals surface area contributed by atoms with Gasteiger partial charge in [0.05, 0.1) is 11.5 Å². The number of fused-ring (bicyclic) bond motifs is 1. The van der Waals surface area contributed by atoms with Crippen LogP contribution in [0.3, 0.4) is 0 Å². The van der Waals surface area contributed by atoms with Gasteiger partial charge in [0.15, 0.2) is 0 Å². The molecular formula is C22H29ClN4O2. The van der Waals surface area contributed by atoms with Crippen molar-refractivity contribution >= 4 is 29.1 Å². The van der Waals surface area contributed by atoms with Crippen molar-refractivity contribution in [2.45, 2.75) is 40.0 Å². The Bertz CT molecular complexity index is 918. The van der Waals surface area contributed by atoms with Gasteiger partial charge < -0.3 is 20.5 Å². The number of rotatable bonds is 8. The topological polar surface area (TPSA) is 77.2 Å². The summed E-state index contributed by atoms with van der Waals surface area (Å²) in [5.41, 5.74) is 5.00. The zero-order valence-electron chi connectivity index (χ0n) is 17.5. The highest BCUT2D eigenvalue weighted by molar-refractivity contribution is 6.31. The number of H-pyrrole nitrogens is 1. The minimum Gasteiger partial charge on any atom is -0.362 e. The molecule has 6 nitrogen and oxygen atoms in total. The highest BCUT2D eigenvalue weighted by atomic mass is 35.5. The third kappa shape index (κ3) is 4.49. The molecule has 1 aliphatic heterocycles. The fourth-order valence-corrected chi connectivity index (χ4v) is 4.20. The molecule has 1 atom stereocenters. The van der Waals surface area contributed by atoms with Crippen molar-refractivity contribution in [3.63, 3.8) is 0 Å². The number of likely N-dealkylation sites (N-methyl/N-ethyl adjacent to an activating group) is 1. The van der Waals surface area contributed by atoms with E-state index in [0.29, 0.717) is 23.6 Å². The summed E-state index contributed by atoms with van der Waals surface area (Å²) in [6.07, 6.45) is 0.499. The highest BCUT2D eigenvalue weighted by Gasteiger charge is 2.32. The second kappa shape index (κ2) is 9.01. The minimum absolute atomic E-state index is 0.0425. The number of carbonyl (C=O) groups is 2. The van der Waals surface area contributed by atoms with Gasteiger partial charge in [0.2, 0.25) is 5.91 Å². The molecule has 0 aliphatic carbocycles. The number of amides is 2.